The predicted octanol–water partition coefficient (Wildman–Crippen LogP) is 5.94. The van der Waals surface area contributed by atoms with Crippen molar-refractivity contribution in [2.24, 2.45) is 0 Å². The van der Waals surface area contributed by atoms with E-state index in [1.807, 2.05) is 0 Å². The van der Waals surface area contributed by atoms with Gasteiger partial charge in [0.2, 0.25) is 0 Å². The van der Waals surface area contributed by atoms with Crippen LogP contribution in [0.5, 0.6) is 0 Å². The summed E-state index contributed by atoms with van der Waals surface area (Å²) in [5, 5.41) is 0. The largest absolute Gasteiger partial charge is 0.416 e. The van der Waals surface area contributed by atoms with Gasteiger partial charge in [0.25, 0.3) is 0 Å². The molecule has 5 heteroatoms. The molecule has 0 nitrogen and oxygen atoms in total. The van der Waals surface area contributed by atoms with E-state index in [0.29, 0.717) is 4.47 Å². The molecule has 0 spiro atoms. The summed E-state index contributed by atoms with van der Waals surface area (Å²) in [5.74, 6) is -0.728. The standard InChI is InChI=1S/C15H9BrF4/c16-13-8-4-2-6-11(13)14(17)9-10-5-1-3-7-12(10)15(18,19)20/h1-9H/b14-9-. The smallest absolute Gasteiger partial charge is 0.206 e. The van der Waals surface area contributed by atoms with Gasteiger partial charge in [0.05, 0.1) is 5.56 Å². The lowest BCUT2D eigenvalue weighted by Crippen LogP contribution is -2.06. The first-order valence-corrected chi connectivity index (χ1v) is 6.47. The van der Waals surface area contributed by atoms with Crippen molar-refractivity contribution in [1.82, 2.24) is 0 Å². The lowest BCUT2D eigenvalue weighted by Gasteiger charge is -2.10. The van der Waals surface area contributed by atoms with Crippen molar-refractivity contribution in [3.63, 3.8) is 0 Å². The quantitative estimate of drug-likeness (QED) is 0.467. The van der Waals surface area contributed by atoms with Gasteiger partial charge in [0.15, 0.2) is 0 Å². The lowest BCUT2D eigenvalue weighted by molar-refractivity contribution is -0.137. The minimum absolute atomic E-state index is 0.201. The van der Waals surface area contributed by atoms with E-state index >= 15 is 0 Å². The summed E-state index contributed by atoms with van der Waals surface area (Å²) in [6.07, 6.45) is -3.62. The molecule has 20 heavy (non-hydrogen) atoms. The van der Waals surface area contributed by atoms with E-state index < -0.39 is 17.6 Å². The zero-order valence-electron chi connectivity index (χ0n) is 10.1. The predicted molar refractivity (Wildman–Crippen MR) is 74.6 cm³/mol. The summed E-state index contributed by atoms with van der Waals surface area (Å²) in [6.45, 7) is 0. The van der Waals surface area contributed by atoms with Crippen LogP contribution in [0.3, 0.4) is 0 Å². The molecule has 0 aromatic heterocycles. The zero-order chi connectivity index (χ0) is 14.8. The summed E-state index contributed by atoms with van der Waals surface area (Å²) < 4.78 is 53.1. The van der Waals surface area contributed by atoms with Gasteiger partial charge in [-0.25, -0.2) is 4.39 Å². The van der Waals surface area contributed by atoms with Crippen LogP contribution in [0.25, 0.3) is 11.9 Å². The van der Waals surface area contributed by atoms with Crippen LogP contribution in [0.4, 0.5) is 17.6 Å². The third-order valence-electron chi connectivity index (χ3n) is 2.68. The van der Waals surface area contributed by atoms with Crippen molar-refractivity contribution in [3.05, 3.63) is 69.7 Å². The van der Waals surface area contributed by atoms with Crippen molar-refractivity contribution in [1.29, 1.82) is 0 Å². The number of hydrogen-bond acceptors (Lipinski definition) is 0. The van der Waals surface area contributed by atoms with Crippen molar-refractivity contribution in [3.8, 4) is 0 Å². The van der Waals surface area contributed by atoms with Gasteiger partial charge >= 0.3 is 6.18 Å². The molecule has 0 aliphatic rings. The normalized spacial score (nSPS) is 12.6. The molecule has 0 unspecified atom stereocenters. The van der Waals surface area contributed by atoms with E-state index in [1.165, 1.54) is 24.3 Å². The van der Waals surface area contributed by atoms with E-state index in [-0.39, 0.29) is 11.1 Å². The molecule has 0 aliphatic heterocycles. The van der Waals surface area contributed by atoms with Crippen LogP contribution in [-0.4, -0.2) is 0 Å². The highest BCUT2D eigenvalue weighted by Gasteiger charge is 2.32. The first-order chi connectivity index (χ1) is 9.39. The van der Waals surface area contributed by atoms with E-state index in [9.17, 15) is 17.6 Å². The molecule has 0 heterocycles. The minimum Gasteiger partial charge on any atom is -0.206 e. The fraction of sp³-hybridized carbons (Fsp3) is 0.0667. The third kappa shape index (κ3) is 3.28. The highest BCUT2D eigenvalue weighted by Crippen LogP contribution is 2.34. The second kappa shape index (κ2) is 5.79. The Morgan fingerprint density at radius 2 is 1.55 bits per heavy atom. The summed E-state index contributed by atoms with van der Waals surface area (Å²) in [4.78, 5) is 0. The second-order valence-electron chi connectivity index (χ2n) is 4.06. The van der Waals surface area contributed by atoms with Crippen LogP contribution in [0, 0.1) is 0 Å². The Labute approximate surface area is 121 Å². The van der Waals surface area contributed by atoms with Crippen LogP contribution in [0.2, 0.25) is 0 Å². The number of benzene rings is 2. The van der Waals surface area contributed by atoms with Crippen molar-refractivity contribution < 1.29 is 17.6 Å². The minimum atomic E-state index is -4.51. The molecule has 0 saturated heterocycles. The molecule has 104 valence electrons. The molecule has 0 fully saturated rings. The Morgan fingerprint density at radius 3 is 2.20 bits per heavy atom. The third-order valence-corrected chi connectivity index (χ3v) is 3.37. The van der Waals surface area contributed by atoms with E-state index in [2.05, 4.69) is 15.9 Å². The molecule has 2 rings (SSSR count). The molecule has 0 amide bonds. The molecule has 0 saturated carbocycles. The van der Waals surface area contributed by atoms with Gasteiger partial charge in [0, 0.05) is 10.0 Å². The van der Waals surface area contributed by atoms with E-state index in [4.69, 9.17) is 0 Å². The first-order valence-electron chi connectivity index (χ1n) is 5.68. The maximum atomic E-state index is 14.1. The van der Waals surface area contributed by atoms with Gasteiger partial charge in [0.1, 0.15) is 5.83 Å². The number of halogens is 5. The molecular formula is C15H9BrF4. The van der Waals surface area contributed by atoms with Gasteiger partial charge in [-0.15, -0.1) is 0 Å². The highest BCUT2D eigenvalue weighted by atomic mass is 79.9. The number of rotatable bonds is 2. The zero-order valence-corrected chi connectivity index (χ0v) is 11.7. The highest BCUT2D eigenvalue weighted by molar-refractivity contribution is 9.10. The van der Waals surface area contributed by atoms with Gasteiger partial charge in [-0.3, -0.25) is 0 Å². The Kier molecular flexibility index (Phi) is 4.28. The Balaban J connectivity index is 2.49. The van der Waals surface area contributed by atoms with Crippen LogP contribution < -0.4 is 0 Å². The fourth-order valence-corrected chi connectivity index (χ4v) is 2.22. The Bertz CT molecular complexity index is 644. The summed E-state index contributed by atoms with van der Waals surface area (Å²) in [7, 11) is 0. The van der Waals surface area contributed by atoms with E-state index in [0.717, 1.165) is 12.1 Å². The molecule has 2 aromatic carbocycles. The van der Waals surface area contributed by atoms with Crippen molar-refractivity contribution >= 4 is 27.8 Å². The van der Waals surface area contributed by atoms with Crippen LogP contribution in [-0.2, 0) is 6.18 Å². The van der Waals surface area contributed by atoms with Gasteiger partial charge in [-0.05, 0) is 23.8 Å². The van der Waals surface area contributed by atoms with Crippen LogP contribution in [0.1, 0.15) is 16.7 Å². The molecule has 0 aliphatic carbocycles. The second-order valence-corrected chi connectivity index (χ2v) is 4.91. The topological polar surface area (TPSA) is 0 Å². The number of hydrogen-bond donors (Lipinski definition) is 0. The van der Waals surface area contributed by atoms with E-state index in [1.54, 1.807) is 18.2 Å². The summed E-state index contributed by atoms with van der Waals surface area (Å²) >= 11 is 3.17. The van der Waals surface area contributed by atoms with Crippen LogP contribution in [0.15, 0.2) is 53.0 Å². The SMILES string of the molecule is F/C(=C\c1ccccc1C(F)(F)F)c1ccccc1Br. The average molecular weight is 345 g/mol. The monoisotopic (exact) mass is 344 g/mol. The molecule has 0 radical (unpaired) electrons. The lowest BCUT2D eigenvalue weighted by atomic mass is 10.0. The average Bonchev–Trinajstić information content (AvgIpc) is 2.38. The Hall–Kier alpha value is -1.62. The fourth-order valence-electron chi connectivity index (χ4n) is 1.75. The summed E-state index contributed by atoms with van der Waals surface area (Å²) in [5.41, 5.74) is -0.847. The maximum absolute atomic E-state index is 14.1. The van der Waals surface area contributed by atoms with Crippen LogP contribution >= 0.6 is 15.9 Å². The van der Waals surface area contributed by atoms with Crippen molar-refractivity contribution in [2.75, 3.05) is 0 Å². The van der Waals surface area contributed by atoms with Crippen molar-refractivity contribution in [2.45, 2.75) is 6.18 Å². The molecule has 0 atom stereocenters. The Morgan fingerprint density at radius 1 is 0.950 bits per heavy atom. The molecule has 2 aromatic rings. The van der Waals surface area contributed by atoms with Gasteiger partial charge in [-0.2, -0.15) is 13.2 Å². The number of alkyl halides is 3. The molecule has 0 bridgehead atoms. The first kappa shape index (κ1) is 14.8. The molecular weight excluding hydrogens is 336 g/mol. The maximum Gasteiger partial charge on any atom is 0.416 e. The summed E-state index contributed by atoms with van der Waals surface area (Å²) in [6, 6.07) is 11.3. The van der Waals surface area contributed by atoms with Gasteiger partial charge in [-0.1, -0.05) is 52.3 Å². The van der Waals surface area contributed by atoms with Gasteiger partial charge < -0.3 is 0 Å². The molecule has 0 N–H and O–H groups in total.